The van der Waals surface area contributed by atoms with E-state index in [1.54, 1.807) is 12.2 Å². The summed E-state index contributed by atoms with van der Waals surface area (Å²) in [6, 6.07) is 0. The standard InChI is InChI=1S/C7H7F.C6H13N.CH2O/c8-7-2-1-5-3-6(5)4-7;1-2-4-6-7-5-3-1;1-2/h1-2,4-6H,3H2;7H,1-6H2;1H2. The first-order valence-electron chi connectivity index (χ1n) is 6.41. The summed E-state index contributed by atoms with van der Waals surface area (Å²) in [7, 11) is 0. The van der Waals surface area contributed by atoms with E-state index >= 15 is 0 Å². The molecule has 0 radical (unpaired) electrons. The molecule has 1 aliphatic heterocycles. The number of carbonyl (C=O) groups excluding carboxylic acids is 1. The van der Waals surface area contributed by atoms with Crippen LogP contribution in [0.2, 0.25) is 0 Å². The normalized spacial score (nSPS) is 29.4. The highest BCUT2D eigenvalue weighted by Crippen LogP contribution is 2.44. The van der Waals surface area contributed by atoms with Gasteiger partial charge < -0.3 is 10.1 Å². The number of fused-ring (bicyclic) bond motifs is 1. The molecular formula is C14H22FNO. The maximum absolute atomic E-state index is 12.2. The molecule has 3 heteroatoms. The second-order valence-electron chi connectivity index (χ2n) is 4.64. The zero-order valence-corrected chi connectivity index (χ0v) is 10.3. The summed E-state index contributed by atoms with van der Waals surface area (Å²) >= 11 is 0. The molecule has 96 valence electrons. The van der Waals surface area contributed by atoms with Crippen molar-refractivity contribution in [1.82, 2.24) is 5.32 Å². The Morgan fingerprint density at radius 3 is 2.29 bits per heavy atom. The van der Waals surface area contributed by atoms with E-state index in [0.29, 0.717) is 11.8 Å². The molecule has 1 saturated carbocycles. The van der Waals surface area contributed by atoms with Gasteiger partial charge in [0, 0.05) is 0 Å². The Balaban J connectivity index is 0.000000150. The average molecular weight is 239 g/mol. The van der Waals surface area contributed by atoms with Crippen molar-refractivity contribution >= 4 is 6.79 Å². The van der Waals surface area contributed by atoms with Crippen LogP contribution in [-0.4, -0.2) is 19.9 Å². The number of nitrogens with one attached hydrogen (secondary N) is 1. The molecule has 2 aliphatic carbocycles. The van der Waals surface area contributed by atoms with Crippen LogP contribution >= 0.6 is 0 Å². The fourth-order valence-corrected chi connectivity index (χ4v) is 2.10. The van der Waals surface area contributed by atoms with Gasteiger partial charge in [0.05, 0.1) is 0 Å². The van der Waals surface area contributed by atoms with Crippen molar-refractivity contribution in [2.24, 2.45) is 11.8 Å². The predicted molar refractivity (Wildman–Crippen MR) is 68.4 cm³/mol. The zero-order valence-electron chi connectivity index (χ0n) is 10.3. The summed E-state index contributed by atoms with van der Waals surface area (Å²) in [5.41, 5.74) is 0. The Labute approximate surface area is 103 Å². The summed E-state index contributed by atoms with van der Waals surface area (Å²) in [5.74, 6) is 1.19. The first kappa shape index (κ1) is 14.1. The first-order chi connectivity index (χ1) is 8.36. The van der Waals surface area contributed by atoms with E-state index in [1.165, 1.54) is 45.2 Å². The minimum Gasteiger partial charge on any atom is -0.317 e. The molecule has 0 amide bonds. The van der Waals surface area contributed by atoms with Crippen molar-refractivity contribution in [3.8, 4) is 0 Å². The lowest BCUT2D eigenvalue weighted by molar-refractivity contribution is -0.0979. The van der Waals surface area contributed by atoms with E-state index in [2.05, 4.69) is 5.32 Å². The quantitative estimate of drug-likeness (QED) is 0.704. The molecule has 0 bridgehead atoms. The summed E-state index contributed by atoms with van der Waals surface area (Å²) in [6.07, 6.45) is 12.1. The molecule has 17 heavy (non-hydrogen) atoms. The fourth-order valence-electron chi connectivity index (χ4n) is 2.10. The van der Waals surface area contributed by atoms with E-state index < -0.39 is 0 Å². The summed E-state index contributed by atoms with van der Waals surface area (Å²) < 4.78 is 12.2. The third kappa shape index (κ3) is 5.78. The summed E-state index contributed by atoms with van der Waals surface area (Å²) in [5, 5.41) is 3.35. The highest BCUT2D eigenvalue weighted by Gasteiger charge is 2.34. The van der Waals surface area contributed by atoms with Crippen molar-refractivity contribution in [2.75, 3.05) is 13.1 Å². The average Bonchev–Trinajstić information content (AvgIpc) is 3.15. The monoisotopic (exact) mass is 239 g/mol. The van der Waals surface area contributed by atoms with Gasteiger partial charge in [0.15, 0.2) is 0 Å². The minimum absolute atomic E-state index is 0.0521. The molecule has 0 aromatic heterocycles. The zero-order chi connectivity index (χ0) is 12.5. The van der Waals surface area contributed by atoms with Crippen molar-refractivity contribution in [1.29, 1.82) is 0 Å². The predicted octanol–water partition coefficient (Wildman–Crippen LogP) is 3.01. The number of carbonyl (C=O) groups is 1. The minimum atomic E-state index is -0.0521. The molecule has 0 aromatic rings. The van der Waals surface area contributed by atoms with Gasteiger partial charge in [-0.1, -0.05) is 18.9 Å². The van der Waals surface area contributed by atoms with E-state index in [1.807, 2.05) is 12.9 Å². The van der Waals surface area contributed by atoms with Crippen LogP contribution in [0.4, 0.5) is 4.39 Å². The van der Waals surface area contributed by atoms with Crippen molar-refractivity contribution in [2.45, 2.75) is 32.1 Å². The SMILES string of the molecule is C1CCCNCC1.C=O.FC1=CC2CC2C=C1. The van der Waals surface area contributed by atoms with E-state index in [-0.39, 0.29) is 5.83 Å². The lowest BCUT2D eigenvalue weighted by Crippen LogP contribution is -2.12. The van der Waals surface area contributed by atoms with E-state index in [0.717, 1.165) is 0 Å². The maximum Gasteiger partial charge on any atom is 0.119 e. The van der Waals surface area contributed by atoms with Crippen LogP contribution in [0, 0.1) is 11.8 Å². The van der Waals surface area contributed by atoms with Crippen LogP contribution in [0.15, 0.2) is 24.1 Å². The third-order valence-corrected chi connectivity index (χ3v) is 3.22. The smallest absolute Gasteiger partial charge is 0.119 e. The fraction of sp³-hybridized carbons (Fsp3) is 0.643. The van der Waals surface area contributed by atoms with Crippen LogP contribution in [0.3, 0.4) is 0 Å². The molecule has 1 heterocycles. The summed E-state index contributed by atoms with van der Waals surface area (Å²) in [4.78, 5) is 8.00. The molecule has 2 atom stereocenters. The van der Waals surface area contributed by atoms with Gasteiger partial charge >= 0.3 is 0 Å². The number of halogens is 1. The van der Waals surface area contributed by atoms with Gasteiger partial charge in [-0.25, -0.2) is 4.39 Å². The number of rotatable bonds is 0. The molecule has 0 aromatic carbocycles. The van der Waals surface area contributed by atoms with Gasteiger partial charge in [0.1, 0.15) is 12.6 Å². The molecule has 0 spiro atoms. The topological polar surface area (TPSA) is 29.1 Å². The molecule has 1 N–H and O–H groups in total. The number of hydrogen-bond acceptors (Lipinski definition) is 2. The van der Waals surface area contributed by atoms with Gasteiger partial charge in [0.2, 0.25) is 0 Å². The second-order valence-corrected chi connectivity index (χ2v) is 4.64. The Morgan fingerprint density at radius 1 is 1.12 bits per heavy atom. The first-order valence-corrected chi connectivity index (χ1v) is 6.41. The number of allylic oxidation sites excluding steroid dienone is 4. The number of hydrogen-bond donors (Lipinski definition) is 1. The molecular weight excluding hydrogens is 217 g/mol. The molecule has 3 rings (SSSR count). The molecule has 3 aliphatic rings. The van der Waals surface area contributed by atoms with Crippen molar-refractivity contribution in [3.63, 3.8) is 0 Å². The van der Waals surface area contributed by atoms with Gasteiger partial charge in [0.25, 0.3) is 0 Å². The Kier molecular flexibility index (Phi) is 6.78. The highest BCUT2D eigenvalue weighted by molar-refractivity contribution is 5.25. The van der Waals surface area contributed by atoms with Crippen LogP contribution < -0.4 is 5.32 Å². The Morgan fingerprint density at radius 2 is 1.76 bits per heavy atom. The summed E-state index contributed by atoms with van der Waals surface area (Å²) in [6.45, 7) is 4.50. The molecule has 2 nitrogen and oxygen atoms in total. The van der Waals surface area contributed by atoms with Crippen LogP contribution in [0.5, 0.6) is 0 Å². The van der Waals surface area contributed by atoms with Crippen molar-refractivity contribution < 1.29 is 9.18 Å². The van der Waals surface area contributed by atoms with Crippen LogP contribution in [-0.2, 0) is 4.79 Å². The van der Waals surface area contributed by atoms with E-state index in [4.69, 9.17) is 4.79 Å². The lowest BCUT2D eigenvalue weighted by atomic mass is 10.2. The third-order valence-electron chi connectivity index (χ3n) is 3.22. The van der Waals surface area contributed by atoms with Crippen LogP contribution in [0.1, 0.15) is 32.1 Å². The molecule has 1 saturated heterocycles. The van der Waals surface area contributed by atoms with Gasteiger partial charge in [-0.3, -0.25) is 0 Å². The van der Waals surface area contributed by atoms with Gasteiger partial charge in [-0.2, -0.15) is 0 Å². The lowest BCUT2D eigenvalue weighted by Gasteiger charge is -1.92. The molecule has 2 unspecified atom stereocenters. The Bertz CT molecular complexity index is 256. The van der Waals surface area contributed by atoms with Crippen molar-refractivity contribution in [3.05, 3.63) is 24.1 Å². The van der Waals surface area contributed by atoms with Gasteiger partial charge in [-0.15, -0.1) is 0 Å². The Hall–Kier alpha value is -0.960. The van der Waals surface area contributed by atoms with E-state index in [9.17, 15) is 4.39 Å². The largest absolute Gasteiger partial charge is 0.317 e. The van der Waals surface area contributed by atoms with Gasteiger partial charge in [-0.05, 0) is 56.3 Å². The van der Waals surface area contributed by atoms with Crippen LogP contribution in [0.25, 0.3) is 0 Å². The molecule has 2 fully saturated rings. The highest BCUT2D eigenvalue weighted by atomic mass is 19.1. The maximum atomic E-state index is 12.2. The second kappa shape index (κ2) is 8.18.